The van der Waals surface area contributed by atoms with Crippen LogP contribution in [0, 0.1) is 11.8 Å². The number of nitrogens with zero attached hydrogens (tertiary/aromatic N) is 1. The maximum absolute atomic E-state index is 12.5. The van der Waals surface area contributed by atoms with Gasteiger partial charge >= 0.3 is 0 Å². The Labute approximate surface area is 132 Å². The van der Waals surface area contributed by atoms with Gasteiger partial charge in [-0.2, -0.15) is 4.31 Å². The van der Waals surface area contributed by atoms with Gasteiger partial charge in [-0.05, 0) is 59.4 Å². The van der Waals surface area contributed by atoms with Gasteiger partial charge in [0.2, 0.25) is 0 Å². The molecule has 0 spiro atoms. The van der Waals surface area contributed by atoms with Gasteiger partial charge in [-0.3, -0.25) is 0 Å². The van der Waals surface area contributed by atoms with Gasteiger partial charge in [-0.25, -0.2) is 8.42 Å². The number of fused-ring (bicyclic) bond motifs is 1. The molecule has 0 saturated carbocycles. The summed E-state index contributed by atoms with van der Waals surface area (Å²) < 4.78 is 27.9. The van der Waals surface area contributed by atoms with Crippen LogP contribution in [0.2, 0.25) is 0 Å². The summed E-state index contributed by atoms with van der Waals surface area (Å²) in [7, 11) is -3.29. The summed E-state index contributed by atoms with van der Waals surface area (Å²) in [5.41, 5.74) is 0. The summed E-state index contributed by atoms with van der Waals surface area (Å²) in [6.45, 7) is 3.31. The Morgan fingerprint density at radius 3 is 2.74 bits per heavy atom. The van der Waals surface area contributed by atoms with Gasteiger partial charge in [0.1, 0.15) is 4.21 Å². The highest BCUT2D eigenvalue weighted by molar-refractivity contribution is 9.11. The Bertz CT molecular complexity index is 549. The van der Waals surface area contributed by atoms with Gasteiger partial charge in [-0.1, -0.05) is 0 Å². The van der Waals surface area contributed by atoms with E-state index in [-0.39, 0.29) is 12.4 Å². The van der Waals surface area contributed by atoms with E-state index < -0.39 is 10.0 Å². The summed E-state index contributed by atoms with van der Waals surface area (Å²) >= 11 is 4.60. The topological polar surface area (TPSA) is 49.4 Å². The summed E-state index contributed by atoms with van der Waals surface area (Å²) in [5, 5.41) is 3.35. The number of sulfonamides is 1. The molecule has 2 fully saturated rings. The predicted octanol–water partition coefficient (Wildman–Crippen LogP) is 2.16. The molecule has 2 unspecified atom stereocenters. The molecule has 2 atom stereocenters. The molecule has 0 radical (unpaired) electrons. The fourth-order valence-electron chi connectivity index (χ4n) is 2.78. The molecule has 108 valence electrons. The van der Waals surface area contributed by atoms with Crippen LogP contribution in [0.3, 0.4) is 0 Å². The zero-order valence-electron chi connectivity index (χ0n) is 10.2. The number of halogens is 2. The molecule has 2 saturated heterocycles. The molecule has 0 amide bonds. The lowest BCUT2D eigenvalue weighted by Crippen LogP contribution is -2.43. The second-order valence-electron chi connectivity index (χ2n) is 4.89. The monoisotopic (exact) mass is 386 g/mol. The number of hydrogen-bond acceptors (Lipinski definition) is 4. The smallest absolute Gasteiger partial charge is 0.252 e. The highest BCUT2D eigenvalue weighted by Crippen LogP contribution is 2.33. The predicted molar refractivity (Wildman–Crippen MR) is 82.5 cm³/mol. The summed E-state index contributed by atoms with van der Waals surface area (Å²) in [4.78, 5) is 0. The van der Waals surface area contributed by atoms with Crippen LogP contribution in [-0.2, 0) is 10.0 Å². The number of rotatable bonds is 2. The van der Waals surface area contributed by atoms with E-state index in [0.717, 1.165) is 23.3 Å². The highest BCUT2D eigenvalue weighted by Gasteiger charge is 2.38. The van der Waals surface area contributed by atoms with Crippen molar-refractivity contribution in [3.05, 3.63) is 15.9 Å². The van der Waals surface area contributed by atoms with Crippen LogP contribution in [0.25, 0.3) is 0 Å². The third-order valence-corrected chi connectivity index (χ3v) is 7.77. The fraction of sp³-hybridized carbons (Fsp3) is 0.636. The first-order valence-electron chi connectivity index (χ1n) is 6.03. The molecule has 1 N–H and O–H groups in total. The van der Waals surface area contributed by atoms with E-state index in [1.807, 2.05) is 0 Å². The van der Waals surface area contributed by atoms with Crippen LogP contribution in [0.4, 0.5) is 0 Å². The first-order valence-corrected chi connectivity index (χ1v) is 9.08. The molecule has 4 nitrogen and oxygen atoms in total. The van der Waals surface area contributed by atoms with Crippen molar-refractivity contribution in [1.29, 1.82) is 0 Å². The molecule has 2 aliphatic rings. The lowest BCUT2D eigenvalue weighted by Gasteiger charge is -2.33. The first-order chi connectivity index (χ1) is 8.57. The molecule has 8 heteroatoms. The van der Waals surface area contributed by atoms with Gasteiger partial charge < -0.3 is 5.32 Å². The van der Waals surface area contributed by atoms with E-state index >= 15 is 0 Å². The molecule has 0 aliphatic carbocycles. The van der Waals surface area contributed by atoms with Crippen LogP contribution in [0.15, 0.2) is 20.1 Å². The van der Waals surface area contributed by atoms with Crippen molar-refractivity contribution in [2.45, 2.75) is 10.6 Å². The number of piperidine rings is 1. The Morgan fingerprint density at radius 1 is 1.32 bits per heavy atom. The van der Waals surface area contributed by atoms with E-state index in [1.54, 1.807) is 16.4 Å². The lowest BCUT2D eigenvalue weighted by molar-refractivity contribution is 0.228. The molecule has 0 aromatic carbocycles. The van der Waals surface area contributed by atoms with Crippen LogP contribution < -0.4 is 5.32 Å². The van der Waals surface area contributed by atoms with Crippen LogP contribution in [0.5, 0.6) is 0 Å². The molecule has 1 aromatic heterocycles. The van der Waals surface area contributed by atoms with E-state index in [1.165, 1.54) is 11.3 Å². The van der Waals surface area contributed by atoms with Gasteiger partial charge in [0.05, 0.1) is 3.79 Å². The summed E-state index contributed by atoms with van der Waals surface area (Å²) in [6, 6.07) is 3.48. The standard InChI is InChI=1S/C11H15BrN2O2S2.ClH/c12-10-1-2-11(17-10)18(15,16)14-4-3-8-5-13-6-9(8)7-14;/h1-2,8-9,13H,3-7H2;1H. The minimum absolute atomic E-state index is 0. The van der Waals surface area contributed by atoms with Crippen molar-refractivity contribution in [3.63, 3.8) is 0 Å². The van der Waals surface area contributed by atoms with Gasteiger partial charge in [0.15, 0.2) is 0 Å². The first kappa shape index (κ1) is 15.7. The van der Waals surface area contributed by atoms with E-state index in [0.29, 0.717) is 29.1 Å². The van der Waals surface area contributed by atoms with E-state index in [9.17, 15) is 8.42 Å². The summed E-state index contributed by atoms with van der Waals surface area (Å²) in [5.74, 6) is 1.14. The Hall–Kier alpha value is 0.340. The third kappa shape index (κ3) is 3.01. The van der Waals surface area contributed by atoms with Gasteiger partial charge in [-0.15, -0.1) is 23.7 Å². The lowest BCUT2D eigenvalue weighted by atomic mass is 9.90. The van der Waals surface area contributed by atoms with Crippen molar-refractivity contribution in [1.82, 2.24) is 9.62 Å². The second kappa shape index (κ2) is 5.99. The SMILES string of the molecule is Cl.O=S(=O)(c1ccc(Br)s1)N1CCC2CNCC2C1. The molecule has 0 bridgehead atoms. The van der Waals surface area contributed by atoms with Crippen LogP contribution in [-0.4, -0.2) is 38.9 Å². The largest absolute Gasteiger partial charge is 0.316 e. The normalized spacial score (nSPS) is 27.8. The molecular formula is C11H16BrClN2O2S2. The number of nitrogens with one attached hydrogen (secondary N) is 1. The van der Waals surface area contributed by atoms with Crippen molar-refractivity contribution in [3.8, 4) is 0 Å². The molecule has 3 rings (SSSR count). The zero-order valence-corrected chi connectivity index (χ0v) is 14.2. The van der Waals surface area contributed by atoms with Crippen molar-refractivity contribution in [2.24, 2.45) is 11.8 Å². The fourth-order valence-corrected chi connectivity index (χ4v) is 6.46. The van der Waals surface area contributed by atoms with Gasteiger partial charge in [0, 0.05) is 13.1 Å². The highest BCUT2D eigenvalue weighted by atomic mass is 79.9. The minimum atomic E-state index is -3.29. The number of thiophene rings is 1. The number of hydrogen-bond donors (Lipinski definition) is 1. The Balaban J connectivity index is 0.00000133. The van der Waals surface area contributed by atoms with Crippen molar-refractivity contribution >= 4 is 49.7 Å². The molecular weight excluding hydrogens is 372 g/mol. The molecule has 3 heterocycles. The molecule has 2 aliphatic heterocycles. The average molecular weight is 388 g/mol. The van der Waals surface area contributed by atoms with E-state index in [4.69, 9.17) is 0 Å². The zero-order chi connectivity index (χ0) is 12.8. The van der Waals surface area contributed by atoms with Gasteiger partial charge in [0.25, 0.3) is 10.0 Å². The Kier molecular flexibility index (Phi) is 4.96. The third-order valence-electron chi connectivity index (χ3n) is 3.81. The van der Waals surface area contributed by atoms with Crippen LogP contribution in [0.1, 0.15) is 6.42 Å². The summed E-state index contributed by atoms with van der Waals surface area (Å²) in [6.07, 6.45) is 0.976. The average Bonchev–Trinajstić information content (AvgIpc) is 2.96. The Morgan fingerprint density at radius 2 is 2.05 bits per heavy atom. The molecule has 19 heavy (non-hydrogen) atoms. The second-order valence-corrected chi connectivity index (χ2v) is 9.52. The van der Waals surface area contributed by atoms with Crippen LogP contribution >= 0.6 is 39.7 Å². The maximum atomic E-state index is 12.5. The maximum Gasteiger partial charge on any atom is 0.252 e. The van der Waals surface area contributed by atoms with Crippen molar-refractivity contribution < 1.29 is 8.42 Å². The quantitative estimate of drug-likeness (QED) is 0.846. The minimum Gasteiger partial charge on any atom is -0.316 e. The van der Waals surface area contributed by atoms with E-state index in [2.05, 4.69) is 21.2 Å². The molecule has 1 aromatic rings. The van der Waals surface area contributed by atoms with Crippen molar-refractivity contribution in [2.75, 3.05) is 26.2 Å².